The van der Waals surface area contributed by atoms with Crippen LogP contribution in [0.15, 0.2) is 36.4 Å². The van der Waals surface area contributed by atoms with E-state index in [0.717, 1.165) is 41.3 Å². The first-order chi connectivity index (χ1) is 8.77. The zero-order chi connectivity index (χ0) is 13.0. The summed E-state index contributed by atoms with van der Waals surface area (Å²) in [6.07, 6.45) is 2.46. The van der Waals surface area contributed by atoms with Crippen LogP contribution in [0, 0.1) is 0 Å². The molecule has 1 atom stereocenters. The van der Waals surface area contributed by atoms with Gasteiger partial charge in [0.05, 0.1) is 13.2 Å². The third kappa shape index (κ3) is 2.49. The number of benzene rings is 2. The summed E-state index contributed by atoms with van der Waals surface area (Å²) < 4.78 is 5.50. The molecule has 0 aromatic heterocycles. The Labute approximate surface area is 108 Å². The number of hydrogen-bond donors (Lipinski definition) is 1. The van der Waals surface area contributed by atoms with Crippen molar-refractivity contribution in [2.75, 3.05) is 7.11 Å². The summed E-state index contributed by atoms with van der Waals surface area (Å²) in [5, 5.41) is 12.4. The lowest BCUT2D eigenvalue weighted by Crippen LogP contribution is -2.01. The summed E-state index contributed by atoms with van der Waals surface area (Å²) in [7, 11) is 1.66. The number of aliphatic hydroxyl groups is 1. The van der Waals surface area contributed by atoms with Crippen LogP contribution in [0.5, 0.6) is 5.75 Å². The fraction of sp³-hybridized carbons (Fsp3) is 0.375. The van der Waals surface area contributed by atoms with Crippen LogP contribution in [0.25, 0.3) is 10.8 Å². The predicted molar refractivity (Wildman–Crippen MR) is 75.0 cm³/mol. The average Bonchev–Trinajstić information content (AvgIpc) is 2.43. The summed E-state index contributed by atoms with van der Waals surface area (Å²) in [4.78, 5) is 0. The van der Waals surface area contributed by atoms with Crippen LogP contribution in [0.2, 0.25) is 0 Å². The van der Waals surface area contributed by atoms with E-state index >= 15 is 0 Å². The molecular weight excluding hydrogens is 224 g/mol. The first-order valence-corrected chi connectivity index (χ1v) is 6.51. The van der Waals surface area contributed by atoms with Crippen molar-refractivity contribution in [3.05, 3.63) is 42.0 Å². The molecule has 1 unspecified atom stereocenters. The number of fused-ring (bicyclic) bond motifs is 1. The van der Waals surface area contributed by atoms with Crippen LogP contribution in [0.3, 0.4) is 0 Å². The lowest BCUT2D eigenvalue weighted by atomic mass is 9.98. The highest BCUT2D eigenvalue weighted by Crippen LogP contribution is 2.35. The van der Waals surface area contributed by atoms with E-state index in [1.165, 1.54) is 0 Å². The number of aliphatic hydroxyl groups excluding tert-OH is 1. The Bertz CT molecular complexity index is 519. The second-order valence-electron chi connectivity index (χ2n) is 4.57. The minimum absolute atomic E-state index is 0.440. The number of hydrogen-bond acceptors (Lipinski definition) is 2. The molecule has 0 fully saturated rings. The summed E-state index contributed by atoms with van der Waals surface area (Å²) in [6.45, 7) is 2.13. The molecule has 0 radical (unpaired) electrons. The van der Waals surface area contributed by atoms with Crippen LogP contribution < -0.4 is 4.74 Å². The second-order valence-corrected chi connectivity index (χ2v) is 4.57. The molecule has 2 nitrogen and oxygen atoms in total. The molecule has 0 aliphatic carbocycles. The molecule has 96 valence electrons. The molecule has 0 aliphatic heterocycles. The molecule has 0 bridgehead atoms. The Morgan fingerprint density at radius 1 is 1.17 bits per heavy atom. The third-order valence-corrected chi connectivity index (χ3v) is 3.30. The highest BCUT2D eigenvalue weighted by atomic mass is 16.5. The minimum atomic E-state index is -0.440. The van der Waals surface area contributed by atoms with Crippen molar-refractivity contribution in [3.8, 4) is 5.75 Å². The number of unbranched alkanes of at least 4 members (excludes halogenated alkanes) is 1. The van der Waals surface area contributed by atoms with Gasteiger partial charge in [-0.15, -0.1) is 0 Å². The van der Waals surface area contributed by atoms with Gasteiger partial charge in [-0.05, 0) is 11.8 Å². The standard InChI is InChI=1S/C16H20O2/c1-3-4-9-15(17)14-11-10-12-7-5-6-8-13(12)16(14)18-2/h5-8,10-11,15,17H,3-4,9H2,1-2H3. The van der Waals surface area contributed by atoms with Gasteiger partial charge in [0.2, 0.25) is 0 Å². The van der Waals surface area contributed by atoms with Crippen LogP contribution >= 0.6 is 0 Å². The van der Waals surface area contributed by atoms with E-state index in [4.69, 9.17) is 4.74 Å². The predicted octanol–water partition coefficient (Wildman–Crippen LogP) is 4.07. The van der Waals surface area contributed by atoms with E-state index in [9.17, 15) is 5.11 Å². The molecule has 0 heterocycles. The van der Waals surface area contributed by atoms with Crippen molar-refractivity contribution < 1.29 is 9.84 Å². The largest absolute Gasteiger partial charge is 0.496 e. The van der Waals surface area contributed by atoms with Gasteiger partial charge in [0, 0.05) is 10.9 Å². The maximum Gasteiger partial charge on any atom is 0.132 e. The third-order valence-electron chi connectivity index (χ3n) is 3.30. The summed E-state index contributed by atoms with van der Waals surface area (Å²) in [5.41, 5.74) is 0.893. The van der Waals surface area contributed by atoms with Crippen molar-refractivity contribution in [2.45, 2.75) is 32.3 Å². The lowest BCUT2D eigenvalue weighted by Gasteiger charge is -2.16. The SMILES string of the molecule is CCCCC(O)c1ccc2ccccc2c1OC. The summed E-state index contributed by atoms with van der Waals surface area (Å²) >= 11 is 0. The number of rotatable bonds is 5. The van der Waals surface area contributed by atoms with E-state index in [-0.39, 0.29) is 0 Å². The van der Waals surface area contributed by atoms with Crippen LogP contribution in [0.4, 0.5) is 0 Å². The first-order valence-electron chi connectivity index (χ1n) is 6.51. The van der Waals surface area contributed by atoms with E-state index in [1.807, 2.05) is 30.3 Å². The van der Waals surface area contributed by atoms with Crippen molar-refractivity contribution in [1.29, 1.82) is 0 Å². The highest BCUT2D eigenvalue weighted by Gasteiger charge is 2.15. The monoisotopic (exact) mass is 244 g/mol. The van der Waals surface area contributed by atoms with Crippen molar-refractivity contribution >= 4 is 10.8 Å². The smallest absolute Gasteiger partial charge is 0.132 e. The zero-order valence-corrected chi connectivity index (χ0v) is 11.0. The molecule has 1 N–H and O–H groups in total. The van der Waals surface area contributed by atoms with Gasteiger partial charge >= 0.3 is 0 Å². The zero-order valence-electron chi connectivity index (χ0n) is 11.0. The van der Waals surface area contributed by atoms with E-state index in [0.29, 0.717) is 0 Å². The fourth-order valence-electron chi connectivity index (χ4n) is 2.30. The molecular formula is C16H20O2. The van der Waals surface area contributed by atoms with E-state index in [2.05, 4.69) is 13.0 Å². The quantitative estimate of drug-likeness (QED) is 0.859. The molecule has 0 saturated heterocycles. The number of ether oxygens (including phenoxy) is 1. The molecule has 2 aromatic rings. The number of methoxy groups -OCH3 is 1. The molecule has 0 amide bonds. The van der Waals surface area contributed by atoms with E-state index in [1.54, 1.807) is 7.11 Å². The van der Waals surface area contributed by atoms with Gasteiger partial charge in [0.15, 0.2) is 0 Å². The topological polar surface area (TPSA) is 29.5 Å². The minimum Gasteiger partial charge on any atom is -0.496 e. The Kier molecular flexibility index (Phi) is 4.21. The van der Waals surface area contributed by atoms with Gasteiger partial charge in [0.1, 0.15) is 5.75 Å². The van der Waals surface area contributed by atoms with Gasteiger partial charge in [-0.2, -0.15) is 0 Å². The Hall–Kier alpha value is -1.54. The molecule has 0 spiro atoms. The van der Waals surface area contributed by atoms with Gasteiger partial charge in [-0.1, -0.05) is 56.2 Å². The van der Waals surface area contributed by atoms with Crippen LogP contribution in [-0.4, -0.2) is 12.2 Å². The van der Waals surface area contributed by atoms with E-state index < -0.39 is 6.10 Å². The Morgan fingerprint density at radius 2 is 1.94 bits per heavy atom. The van der Waals surface area contributed by atoms with Crippen molar-refractivity contribution in [2.24, 2.45) is 0 Å². The van der Waals surface area contributed by atoms with Gasteiger partial charge < -0.3 is 9.84 Å². The fourth-order valence-corrected chi connectivity index (χ4v) is 2.30. The second kappa shape index (κ2) is 5.87. The maximum absolute atomic E-state index is 10.2. The van der Waals surface area contributed by atoms with Gasteiger partial charge in [-0.25, -0.2) is 0 Å². The van der Waals surface area contributed by atoms with Gasteiger partial charge in [0.25, 0.3) is 0 Å². The first kappa shape index (κ1) is 12.9. The van der Waals surface area contributed by atoms with Crippen LogP contribution in [-0.2, 0) is 0 Å². The Morgan fingerprint density at radius 3 is 2.67 bits per heavy atom. The Balaban J connectivity index is 2.44. The van der Waals surface area contributed by atoms with Crippen molar-refractivity contribution in [3.63, 3.8) is 0 Å². The maximum atomic E-state index is 10.2. The van der Waals surface area contributed by atoms with Crippen molar-refractivity contribution in [1.82, 2.24) is 0 Å². The summed E-state index contributed by atoms with van der Waals surface area (Å²) in [5.74, 6) is 0.803. The van der Waals surface area contributed by atoms with Gasteiger partial charge in [-0.3, -0.25) is 0 Å². The van der Waals surface area contributed by atoms with Crippen LogP contribution in [0.1, 0.15) is 37.9 Å². The molecule has 0 saturated carbocycles. The lowest BCUT2D eigenvalue weighted by molar-refractivity contribution is 0.160. The highest BCUT2D eigenvalue weighted by molar-refractivity contribution is 5.89. The normalized spacial score (nSPS) is 12.6. The molecule has 2 aromatic carbocycles. The molecule has 0 aliphatic rings. The molecule has 2 rings (SSSR count). The molecule has 18 heavy (non-hydrogen) atoms. The average molecular weight is 244 g/mol. The molecule has 2 heteroatoms. The summed E-state index contributed by atoms with van der Waals surface area (Å²) in [6, 6.07) is 12.1.